The van der Waals surface area contributed by atoms with Crippen LogP contribution < -0.4 is 10.1 Å². The van der Waals surface area contributed by atoms with E-state index in [1.807, 2.05) is 12.1 Å². The summed E-state index contributed by atoms with van der Waals surface area (Å²) in [6.45, 7) is -0.0208. The van der Waals surface area contributed by atoms with Crippen LogP contribution in [-0.2, 0) is 6.54 Å². The minimum atomic E-state index is -0.465. The first kappa shape index (κ1) is 17.0. The van der Waals surface area contributed by atoms with E-state index in [1.165, 1.54) is 18.3 Å². The summed E-state index contributed by atoms with van der Waals surface area (Å²) in [7, 11) is 1.57. The van der Waals surface area contributed by atoms with Crippen LogP contribution in [0.2, 0.25) is 5.02 Å². The Balaban J connectivity index is 1.81. The Hall–Kier alpha value is -2.86. The third-order valence-corrected chi connectivity index (χ3v) is 4.08. The molecule has 0 atom stereocenters. The van der Waals surface area contributed by atoms with Crippen LogP contribution in [-0.4, -0.2) is 23.2 Å². The van der Waals surface area contributed by atoms with E-state index < -0.39 is 5.82 Å². The second-order valence-electron chi connectivity index (χ2n) is 5.27. The highest BCUT2D eigenvalue weighted by Crippen LogP contribution is 2.25. The van der Waals surface area contributed by atoms with E-state index in [0.29, 0.717) is 17.0 Å². The summed E-state index contributed by atoms with van der Waals surface area (Å²) in [5, 5.41) is 9.68. The molecule has 0 unspecified atom stereocenters. The van der Waals surface area contributed by atoms with E-state index in [4.69, 9.17) is 16.3 Å². The Kier molecular flexibility index (Phi) is 5.00. The van der Waals surface area contributed by atoms with Crippen LogP contribution in [0.15, 0.2) is 48.7 Å². The molecule has 5 nitrogen and oxygen atoms in total. The molecule has 128 valence electrons. The van der Waals surface area contributed by atoms with Crippen LogP contribution in [0.3, 0.4) is 0 Å². The van der Waals surface area contributed by atoms with Gasteiger partial charge in [0.2, 0.25) is 0 Å². The van der Waals surface area contributed by atoms with Crippen LogP contribution in [0, 0.1) is 5.82 Å². The van der Waals surface area contributed by atoms with Crippen molar-refractivity contribution in [1.29, 1.82) is 0 Å². The number of rotatable bonds is 5. The van der Waals surface area contributed by atoms with Crippen LogP contribution in [0.5, 0.6) is 5.75 Å². The molecule has 3 aromatic rings. The fraction of sp³-hybridized carbons (Fsp3) is 0.111. The van der Waals surface area contributed by atoms with E-state index in [9.17, 15) is 9.18 Å². The molecule has 0 aliphatic rings. The molecule has 1 amide bonds. The van der Waals surface area contributed by atoms with Crippen LogP contribution in [0.25, 0.3) is 11.3 Å². The Morgan fingerprint density at radius 1 is 1.32 bits per heavy atom. The van der Waals surface area contributed by atoms with Crippen molar-refractivity contribution in [1.82, 2.24) is 15.5 Å². The first-order valence-electron chi connectivity index (χ1n) is 7.49. The van der Waals surface area contributed by atoms with Crippen molar-refractivity contribution in [3.63, 3.8) is 0 Å². The summed E-state index contributed by atoms with van der Waals surface area (Å²) in [4.78, 5) is 12.5. The molecule has 0 bridgehead atoms. The van der Waals surface area contributed by atoms with Crippen LogP contribution in [0.4, 0.5) is 4.39 Å². The van der Waals surface area contributed by atoms with Gasteiger partial charge >= 0.3 is 0 Å². The van der Waals surface area contributed by atoms with E-state index in [0.717, 1.165) is 5.56 Å². The van der Waals surface area contributed by atoms with E-state index in [-0.39, 0.29) is 23.0 Å². The summed E-state index contributed by atoms with van der Waals surface area (Å²) < 4.78 is 19.0. The number of nitrogens with one attached hydrogen (secondary N) is 2. The second kappa shape index (κ2) is 7.36. The van der Waals surface area contributed by atoms with Crippen LogP contribution in [0.1, 0.15) is 15.9 Å². The number of hydrogen-bond acceptors (Lipinski definition) is 3. The van der Waals surface area contributed by atoms with Gasteiger partial charge in [0.15, 0.2) is 0 Å². The molecule has 0 radical (unpaired) electrons. The number of methoxy groups -OCH3 is 1. The molecule has 2 aromatic carbocycles. The van der Waals surface area contributed by atoms with Crippen molar-refractivity contribution in [3.05, 3.63) is 70.6 Å². The maximum atomic E-state index is 13.8. The third-order valence-electron chi connectivity index (χ3n) is 3.73. The minimum Gasteiger partial charge on any atom is -0.497 e. The van der Waals surface area contributed by atoms with Gasteiger partial charge in [0, 0.05) is 22.7 Å². The minimum absolute atomic E-state index is 0.0208. The van der Waals surface area contributed by atoms with Gasteiger partial charge < -0.3 is 10.1 Å². The maximum absolute atomic E-state index is 13.8. The Morgan fingerprint density at radius 3 is 2.88 bits per heavy atom. The lowest BCUT2D eigenvalue weighted by Gasteiger charge is -2.09. The zero-order valence-corrected chi connectivity index (χ0v) is 14.1. The number of aromatic nitrogens is 2. The Labute approximate surface area is 148 Å². The summed E-state index contributed by atoms with van der Waals surface area (Å²) in [6, 6.07) is 11.6. The van der Waals surface area contributed by atoms with Crippen molar-refractivity contribution in [2.75, 3.05) is 7.11 Å². The maximum Gasteiger partial charge on any atom is 0.255 e. The van der Waals surface area contributed by atoms with Gasteiger partial charge in [0.25, 0.3) is 5.91 Å². The van der Waals surface area contributed by atoms with Gasteiger partial charge in [-0.3, -0.25) is 9.89 Å². The summed E-state index contributed by atoms with van der Waals surface area (Å²) in [5.41, 5.74) is 1.90. The topological polar surface area (TPSA) is 67.0 Å². The monoisotopic (exact) mass is 359 g/mol. The molecule has 0 saturated carbocycles. The smallest absolute Gasteiger partial charge is 0.255 e. The predicted molar refractivity (Wildman–Crippen MR) is 93.2 cm³/mol. The van der Waals surface area contributed by atoms with Crippen molar-refractivity contribution >= 4 is 17.5 Å². The summed E-state index contributed by atoms with van der Waals surface area (Å²) in [5.74, 6) is -0.185. The quantitative estimate of drug-likeness (QED) is 0.728. The van der Waals surface area contributed by atoms with Gasteiger partial charge in [-0.2, -0.15) is 5.10 Å². The normalized spacial score (nSPS) is 10.5. The van der Waals surface area contributed by atoms with Crippen molar-refractivity contribution in [3.8, 4) is 17.0 Å². The van der Waals surface area contributed by atoms with Gasteiger partial charge in [-0.05, 0) is 24.3 Å². The summed E-state index contributed by atoms with van der Waals surface area (Å²) in [6.07, 6.45) is 1.42. The second-order valence-corrected chi connectivity index (χ2v) is 5.68. The number of ether oxygens (including phenoxy) is 1. The lowest BCUT2D eigenvalue weighted by atomic mass is 10.1. The molecule has 0 saturated heterocycles. The number of carbonyl (C=O) groups is 1. The highest BCUT2D eigenvalue weighted by molar-refractivity contribution is 6.31. The number of amides is 1. The standard InChI is InChI=1S/C18H15ClFN3O2/c1-25-12-5-2-4-11(8-12)17-14(10-22-23-17)18(24)21-9-13-15(19)6-3-7-16(13)20/h2-8,10H,9H2,1H3,(H,21,24)(H,22,23). The molecule has 3 rings (SSSR count). The van der Waals surface area contributed by atoms with Crippen molar-refractivity contribution in [2.45, 2.75) is 6.54 Å². The first-order chi connectivity index (χ1) is 12.1. The van der Waals surface area contributed by atoms with Gasteiger partial charge in [-0.25, -0.2) is 4.39 Å². The largest absolute Gasteiger partial charge is 0.497 e. The summed E-state index contributed by atoms with van der Waals surface area (Å²) >= 11 is 5.97. The fourth-order valence-corrected chi connectivity index (χ4v) is 2.65. The zero-order chi connectivity index (χ0) is 17.8. The molecule has 0 spiro atoms. The molecule has 25 heavy (non-hydrogen) atoms. The third kappa shape index (κ3) is 3.64. The van der Waals surface area contributed by atoms with Gasteiger partial charge in [0.05, 0.1) is 24.6 Å². The molecule has 7 heteroatoms. The number of nitrogens with zero attached hydrogens (tertiary/aromatic N) is 1. The molecule has 0 aliphatic heterocycles. The van der Waals surface area contributed by atoms with Crippen LogP contribution >= 0.6 is 11.6 Å². The fourth-order valence-electron chi connectivity index (χ4n) is 2.42. The zero-order valence-electron chi connectivity index (χ0n) is 13.3. The number of hydrogen-bond donors (Lipinski definition) is 2. The Morgan fingerprint density at radius 2 is 2.12 bits per heavy atom. The van der Waals surface area contributed by atoms with E-state index in [1.54, 1.807) is 25.3 Å². The number of carbonyl (C=O) groups excluding carboxylic acids is 1. The molecule has 2 N–H and O–H groups in total. The molecule has 0 aliphatic carbocycles. The molecule has 1 aromatic heterocycles. The highest BCUT2D eigenvalue weighted by atomic mass is 35.5. The van der Waals surface area contributed by atoms with Gasteiger partial charge in [-0.15, -0.1) is 0 Å². The van der Waals surface area contributed by atoms with Crippen molar-refractivity contribution in [2.24, 2.45) is 0 Å². The number of aromatic amines is 1. The molecule has 0 fully saturated rings. The van der Waals surface area contributed by atoms with Gasteiger partial charge in [-0.1, -0.05) is 29.8 Å². The van der Waals surface area contributed by atoms with Gasteiger partial charge in [0.1, 0.15) is 11.6 Å². The van der Waals surface area contributed by atoms with E-state index >= 15 is 0 Å². The van der Waals surface area contributed by atoms with E-state index in [2.05, 4.69) is 15.5 Å². The molecular formula is C18H15ClFN3O2. The molecule has 1 heterocycles. The SMILES string of the molecule is COc1cccc(-c2[nH]ncc2C(=O)NCc2c(F)cccc2Cl)c1. The number of H-pyrrole nitrogens is 1. The molecular weight excluding hydrogens is 345 g/mol. The highest BCUT2D eigenvalue weighted by Gasteiger charge is 2.16. The lowest BCUT2D eigenvalue weighted by molar-refractivity contribution is 0.0951. The number of benzene rings is 2. The number of halogens is 2. The lowest BCUT2D eigenvalue weighted by Crippen LogP contribution is -2.23. The van der Waals surface area contributed by atoms with Crippen molar-refractivity contribution < 1.29 is 13.9 Å². The Bertz CT molecular complexity index is 891. The average Bonchev–Trinajstić information content (AvgIpc) is 3.11. The predicted octanol–water partition coefficient (Wildman–Crippen LogP) is 3.81. The first-order valence-corrected chi connectivity index (χ1v) is 7.87. The average molecular weight is 360 g/mol.